The Bertz CT molecular complexity index is 3830. The number of aromatic nitrogens is 2. The molecule has 0 fully saturated rings. The molecule has 0 aliphatic heterocycles. The molecule has 13 rings (SSSR count). The average Bonchev–Trinajstić information content (AvgIpc) is 3.77. The third kappa shape index (κ3) is 5.38. The van der Waals surface area contributed by atoms with Gasteiger partial charge in [-0.15, -0.1) is 0 Å². The zero-order valence-electron chi connectivity index (χ0n) is 32.9. The van der Waals surface area contributed by atoms with Crippen molar-refractivity contribution in [2.24, 2.45) is 0 Å². The van der Waals surface area contributed by atoms with Gasteiger partial charge in [0.15, 0.2) is 5.82 Å². The van der Waals surface area contributed by atoms with Crippen LogP contribution in [0.1, 0.15) is 0 Å². The van der Waals surface area contributed by atoms with Crippen LogP contribution in [-0.4, -0.2) is 9.97 Å². The molecule has 0 amide bonds. The van der Waals surface area contributed by atoms with Gasteiger partial charge in [-0.25, -0.2) is 9.97 Å². The van der Waals surface area contributed by atoms with E-state index >= 15 is 0 Å². The Balaban J connectivity index is 1.08. The lowest BCUT2D eigenvalue weighted by atomic mass is 9.87. The first kappa shape index (κ1) is 33.8. The smallest absolute Gasteiger partial charge is 0.160 e. The molecule has 2 aromatic heterocycles. The number of rotatable bonds is 5. The summed E-state index contributed by atoms with van der Waals surface area (Å²) in [6, 6.07) is 74.0. The lowest BCUT2D eigenvalue weighted by Crippen LogP contribution is -1.97. The summed E-state index contributed by atoms with van der Waals surface area (Å²) in [5.74, 6) is 1.50. The molecule has 282 valence electrons. The largest absolute Gasteiger partial charge is 0.456 e. The molecule has 0 spiro atoms. The summed E-state index contributed by atoms with van der Waals surface area (Å²) in [7, 11) is 0. The molecule has 0 atom stereocenters. The second-order valence-electron chi connectivity index (χ2n) is 16.1. The van der Waals surface area contributed by atoms with Gasteiger partial charge in [0.2, 0.25) is 0 Å². The second-order valence-corrected chi connectivity index (χ2v) is 16.1. The van der Waals surface area contributed by atoms with E-state index in [2.05, 4.69) is 182 Å². The SMILES string of the molecule is c1ccc(-c2ccc(-c3nc(-c4cccc(-c5cc6ccccc6o5)c4)cc(-c4cc5ccc6cccc7c8cccc9ccc%10cccc(c(c4)c5c67)c%10c98)n3)cc2)cc1. The monoisotopic (exact) mass is 774 g/mol. The zero-order chi connectivity index (χ0) is 40.0. The van der Waals surface area contributed by atoms with E-state index in [1.165, 1.54) is 70.2 Å². The Morgan fingerprint density at radius 2 is 0.787 bits per heavy atom. The van der Waals surface area contributed by atoms with Gasteiger partial charge in [0.05, 0.1) is 11.4 Å². The van der Waals surface area contributed by atoms with Gasteiger partial charge in [-0.05, 0) is 112 Å². The lowest BCUT2D eigenvalue weighted by molar-refractivity contribution is 0.631. The van der Waals surface area contributed by atoms with Crippen LogP contribution in [0.3, 0.4) is 0 Å². The van der Waals surface area contributed by atoms with Crippen molar-refractivity contribution in [3.63, 3.8) is 0 Å². The van der Waals surface area contributed by atoms with Gasteiger partial charge >= 0.3 is 0 Å². The number of nitrogens with zero attached hydrogens (tertiary/aromatic N) is 2. The fourth-order valence-corrected chi connectivity index (χ4v) is 9.70. The fraction of sp³-hybridized carbons (Fsp3) is 0. The predicted molar refractivity (Wildman–Crippen MR) is 255 cm³/mol. The van der Waals surface area contributed by atoms with Crippen molar-refractivity contribution >= 4 is 75.6 Å². The average molecular weight is 775 g/mol. The third-order valence-corrected chi connectivity index (χ3v) is 12.6. The highest BCUT2D eigenvalue weighted by atomic mass is 16.3. The minimum Gasteiger partial charge on any atom is -0.456 e. The third-order valence-electron chi connectivity index (χ3n) is 12.6. The van der Waals surface area contributed by atoms with Crippen LogP contribution in [0.25, 0.3) is 132 Å². The fourth-order valence-electron chi connectivity index (χ4n) is 9.70. The quantitative estimate of drug-likeness (QED) is 0.164. The van der Waals surface area contributed by atoms with Crippen molar-refractivity contribution in [2.75, 3.05) is 0 Å². The van der Waals surface area contributed by atoms with Gasteiger partial charge in [-0.3, -0.25) is 0 Å². The molecule has 0 radical (unpaired) electrons. The molecular weight excluding hydrogens is 741 g/mol. The Morgan fingerprint density at radius 3 is 1.48 bits per heavy atom. The van der Waals surface area contributed by atoms with E-state index in [-0.39, 0.29) is 0 Å². The maximum Gasteiger partial charge on any atom is 0.160 e. The Morgan fingerprint density at radius 1 is 0.279 bits per heavy atom. The Kier molecular flexibility index (Phi) is 7.31. The van der Waals surface area contributed by atoms with E-state index in [9.17, 15) is 0 Å². The molecule has 3 nitrogen and oxygen atoms in total. The summed E-state index contributed by atoms with van der Waals surface area (Å²) < 4.78 is 6.33. The predicted octanol–water partition coefficient (Wildman–Crippen LogP) is 15.9. The summed E-state index contributed by atoms with van der Waals surface area (Å²) >= 11 is 0. The van der Waals surface area contributed by atoms with Gasteiger partial charge in [0.25, 0.3) is 0 Å². The highest BCUT2D eigenvalue weighted by Gasteiger charge is 2.19. The van der Waals surface area contributed by atoms with Crippen LogP contribution in [0.4, 0.5) is 0 Å². The van der Waals surface area contributed by atoms with Crippen LogP contribution in [0.5, 0.6) is 0 Å². The lowest BCUT2D eigenvalue weighted by Gasteiger charge is -2.17. The maximum atomic E-state index is 6.33. The number of fused-ring (bicyclic) bond motifs is 3. The molecule has 3 heteroatoms. The molecule has 0 bridgehead atoms. The van der Waals surface area contributed by atoms with Crippen LogP contribution in [-0.2, 0) is 0 Å². The second kappa shape index (κ2) is 13.2. The van der Waals surface area contributed by atoms with Crippen molar-refractivity contribution < 1.29 is 4.42 Å². The summed E-state index contributed by atoms with van der Waals surface area (Å²) in [6.45, 7) is 0. The number of para-hydroxylation sites is 1. The first-order chi connectivity index (χ1) is 30.2. The van der Waals surface area contributed by atoms with Gasteiger partial charge in [-0.1, -0.05) is 170 Å². The summed E-state index contributed by atoms with van der Waals surface area (Å²) in [4.78, 5) is 10.7. The molecular formula is C58H34N2O. The summed E-state index contributed by atoms with van der Waals surface area (Å²) in [5, 5.41) is 16.1. The van der Waals surface area contributed by atoms with Crippen LogP contribution >= 0.6 is 0 Å². The van der Waals surface area contributed by atoms with E-state index < -0.39 is 0 Å². The maximum absolute atomic E-state index is 6.33. The van der Waals surface area contributed by atoms with E-state index in [0.29, 0.717) is 5.82 Å². The van der Waals surface area contributed by atoms with E-state index in [0.717, 1.165) is 55.9 Å². The summed E-state index contributed by atoms with van der Waals surface area (Å²) in [6.07, 6.45) is 0. The Labute approximate surface area is 351 Å². The van der Waals surface area contributed by atoms with Crippen molar-refractivity contribution in [2.45, 2.75) is 0 Å². The number of hydrogen-bond donors (Lipinski definition) is 0. The molecule has 0 N–H and O–H groups in total. The van der Waals surface area contributed by atoms with E-state index in [1.54, 1.807) is 0 Å². The van der Waals surface area contributed by atoms with Gasteiger partial charge in [-0.2, -0.15) is 0 Å². The highest BCUT2D eigenvalue weighted by Crippen LogP contribution is 2.45. The van der Waals surface area contributed by atoms with Crippen molar-refractivity contribution in [3.8, 4) is 56.4 Å². The minimum atomic E-state index is 0.672. The molecule has 61 heavy (non-hydrogen) atoms. The number of hydrogen-bond acceptors (Lipinski definition) is 3. The van der Waals surface area contributed by atoms with Gasteiger partial charge < -0.3 is 4.42 Å². The molecule has 11 aromatic carbocycles. The zero-order valence-corrected chi connectivity index (χ0v) is 32.9. The number of benzene rings is 10. The van der Waals surface area contributed by atoms with E-state index in [4.69, 9.17) is 14.4 Å². The van der Waals surface area contributed by atoms with Crippen LogP contribution < -0.4 is 0 Å². The molecule has 0 aliphatic rings. The standard InChI is InChI=1S/C58H34N2O/c1-2-10-35(11-3-1)36-22-27-40(28-23-36)58-59-50(41-16-6-17-42(30-41)53-33-43-12-4-5-21-52(43)61-53)34-51(60-58)45-31-44-29-26-39-14-8-19-47-46-18-7-13-37-24-25-38-15-9-20-48(56(38)54(37)46)49(32-45)57(44)55(39)47/h1-34H. The van der Waals surface area contributed by atoms with E-state index in [1.807, 2.05) is 24.3 Å². The first-order valence-electron chi connectivity index (χ1n) is 20.8. The minimum absolute atomic E-state index is 0.672. The van der Waals surface area contributed by atoms with Crippen molar-refractivity contribution in [3.05, 3.63) is 206 Å². The van der Waals surface area contributed by atoms with Crippen LogP contribution in [0.15, 0.2) is 211 Å². The van der Waals surface area contributed by atoms with Gasteiger partial charge in [0.1, 0.15) is 11.3 Å². The first-order valence-corrected chi connectivity index (χ1v) is 20.8. The Hall–Kier alpha value is -8.14. The van der Waals surface area contributed by atoms with Crippen molar-refractivity contribution in [1.82, 2.24) is 9.97 Å². The topological polar surface area (TPSA) is 38.9 Å². The summed E-state index contributed by atoms with van der Waals surface area (Å²) in [5.41, 5.74) is 8.88. The van der Waals surface area contributed by atoms with Crippen LogP contribution in [0, 0.1) is 0 Å². The molecule has 0 unspecified atom stereocenters. The molecule has 2 heterocycles. The molecule has 0 saturated carbocycles. The molecule has 13 aromatic rings. The number of furan rings is 1. The van der Waals surface area contributed by atoms with Crippen LogP contribution in [0.2, 0.25) is 0 Å². The highest BCUT2D eigenvalue weighted by molar-refractivity contribution is 6.37. The molecule has 0 saturated heterocycles. The van der Waals surface area contributed by atoms with Gasteiger partial charge in [0, 0.05) is 27.6 Å². The normalized spacial score (nSPS) is 11.9. The molecule has 0 aliphatic carbocycles. The van der Waals surface area contributed by atoms with Crippen molar-refractivity contribution in [1.29, 1.82) is 0 Å².